The van der Waals surface area contributed by atoms with Crippen molar-refractivity contribution < 1.29 is 19.1 Å². The number of fused-ring (bicyclic) bond motifs is 1. The number of pyridine rings is 1. The Morgan fingerprint density at radius 3 is 2.59 bits per heavy atom. The Hall–Kier alpha value is -2.33. The van der Waals surface area contributed by atoms with Crippen LogP contribution >= 0.6 is 11.8 Å². The molecule has 2 N–H and O–H groups in total. The smallest absolute Gasteiger partial charge is 0.410 e. The molecule has 3 rings (SSSR count). The van der Waals surface area contributed by atoms with Crippen LogP contribution in [0, 0.1) is 0 Å². The number of hydrazine groups is 1. The molecule has 10 heteroatoms. The predicted molar refractivity (Wildman–Crippen MR) is 100 cm³/mol. The molecule has 0 atom stereocenters. The summed E-state index contributed by atoms with van der Waals surface area (Å²) in [4.78, 5) is 42.7. The van der Waals surface area contributed by atoms with Crippen molar-refractivity contribution in [1.82, 2.24) is 20.3 Å². The predicted octanol–water partition coefficient (Wildman–Crippen LogP) is 1.32. The summed E-state index contributed by atoms with van der Waals surface area (Å²) in [5.74, 6) is 0.283. The summed E-state index contributed by atoms with van der Waals surface area (Å²) in [5.41, 5.74) is 2.49. The van der Waals surface area contributed by atoms with E-state index in [1.54, 1.807) is 22.0 Å². The largest absolute Gasteiger partial charge is 0.444 e. The summed E-state index contributed by atoms with van der Waals surface area (Å²) < 4.78 is 5.36. The zero-order chi connectivity index (χ0) is 19.6. The summed E-state index contributed by atoms with van der Waals surface area (Å²) in [7, 11) is 0. The lowest BCUT2D eigenvalue weighted by molar-refractivity contribution is -0.113. The maximum atomic E-state index is 12.4. The minimum absolute atomic E-state index is 0.129. The van der Waals surface area contributed by atoms with E-state index in [-0.39, 0.29) is 23.6 Å². The third-order valence-electron chi connectivity index (χ3n) is 3.90. The van der Waals surface area contributed by atoms with E-state index in [1.165, 1.54) is 11.8 Å². The van der Waals surface area contributed by atoms with Gasteiger partial charge in [-0.05, 0) is 32.9 Å². The van der Waals surface area contributed by atoms with E-state index in [1.807, 2.05) is 20.8 Å². The second kappa shape index (κ2) is 7.73. The summed E-state index contributed by atoms with van der Waals surface area (Å²) in [6.45, 7) is 7.37. The first-order valence-corrected chi connectivity index (χ1v) is 9.67. The molecular weight excluding hydrogens is 370 g/mol. The van der Waals surface area contributed by atoms with E-state index < -0.39 is 5.60 Å². The van der Waals surface area contributed by atoms with Gasteiger partial charge in [-0.25, -0.2) is 14.8 Å². The third-order valence-corrected chi connectivity index (χ3v) is 4.95. The topological polar surface area (TPSA) is 104 Å². The Bertz CT molecular complexity index is 756. The number of anilines is 1. The van der Waals surface area contributed by atoms with Gasteiger partial charge in [0.1, 0.15) is 17.1 Å². The van der Waals surface area contributed by atoms with Crippen molar-refractivity contribution >= 4 is 35.5 Å². The van der Waals surface area contributed by atoms with Crippen LogP contribution in [0.1, 0.15) is 31.3 Å². The molecule has 0 saturated carbocycles. The molecule has 1 saturated heterocycles. The first kappa shape index (κ1) is 19.4. The Kier molecular flexibility index (Phi) is 5.56. The Morgan fingerprint density at radius 1 is 1.22 bits per heavy atom. The van der Waals surface area contributed by atoms with E-state index in [9.17, 15) is 14.4 Å². The number of hydrogen-bond donors (Lipinski definition) is 2. The molecule has 0 bridgehead atoms. The SMILES string of the molecule is CC(C)(C)OC(=O)N1CCN(NC(=O)c2ccc3c(n2)NC(=O)CS3)CC1. The summed E-state index contributed by atoms with van der Waals surface area (Å²) in [6.07, 6.45) is -0.349. The van der Waals surface area contributed by atoms with Gasteiger partial charge in [-0.1, -0.05) is 0 Å². The van der Waals surface area contributed by atoms with Crippen molar-refractivity contribution in [3.05, 3.63) is 17.8 Å². The number of ether oxygens (including phenoxy) is 1. The van der Waals surface area contributed by atoms with Crippen LogP contribution in [0.25, 0.3) is 0 Å². The van der Waals surface area contributed by atoms with Crippen molar-refractivity contribution in [3.8, 4) is 0 Å². The monoisotopic (exact) mass is 393 g/mol. The number of hydrogen-bond acceptors (Lipinski definition) is 7. The third kappa shape index (κ3) is 5.10. The molecule has 9 nitrogen and oxygen atoms in total. The summed E-state index contributed by atoms with van der Waals surface area (Å²) in [6, 6.07) is 3.41. The number of nitrogens with zero attached hydrogens (tertiary/aromatic N) is 3. The fraction of sp³-hybridized carbons (Fsp3) is 0.529. The van der Waals surface area contributed by atoms with Crippen LogP contribution in [0.5, 0.6) is 0 Å². The first-order chi connectivity index (χ1) is 12.7. The number of nitrogens with one attached hydrogen (secondary N) is 2. The standard InChI is InChI=1S/C17H23N5O4S/c1-17(2,3)26-16(25)21-6-8-22(9-7-21)20-15(24)11-4-5-12-14(18-11)19-13(23)10-27-12/h4-5H,6-10H2,1-3H3,(H,20,24)(H,18,19,23). The van der Waals surface area contributed by atoms with Gasteiger partial charge in [0, 0.05) is 26.2 Å². The van der Waals surface area contributed by atoms with E-state index >= 15 is 0 Å². The molecule has 0 unspecified atom stereocenters. The van der Waals surface area contributed by atoms with Crippen LogP contribution in [-0.4, -0.2) is 70.3 Å². The van der Waals surface area contributed by atoms with E-state index in [0.29, 0.717) is 37.7 Å². The van der Waals surface area contributed by atoms with E-state index in [2.05, 4.69) is 15.7 Å². The minimum Gasteiger partial charge on any atom is -0.444 e. The van der Waals surface area contributed by atoms with Crippen LogP contribution in [0.15, 0.2) is 17.0 Å². The normalized spacial score (nSPS) is 17.7. The highest BCUT2D eigenvalue weighted by Crippen LogP contribution is 2.29. The lowest BCUT2D eigenvalue weighted by Gasteiger charge is -2.35. The number of carbonyl (C=O) groups excluding carboxylic acids is 3. The zero-order valence-electron chi connectivity index (χ0n) is 15.6. The molecule has 2 aliphatic rings. The molecule has 27 heavy (non-hydrogen) atoms. The zero-order valence-corrected chi connectivity index (χ0v) is 16.4. The van der Waals surface area contributed by atoms with Gasteiger partial charge in [-0.3, -0.25) is 15.0 Å². The second-order valence-corrected chi connectivity index (χ2v) is 8.29. The van der Waals surface area contributed by atoms with Crippen LogP contribution in [0.4, 0.5) is 10.6 Å². The highest BCUT2D eigenvalue weighted by molar-refractivity contribution is 8.00. The van der Waals surface area contributed by atoms with Crippen molar-refractivity contribution in [2.45, 2.75) is 31.3 Å². The number of rotatable bonds is 2. The van der Waals surface area contributed by atoms with Gasteiger partial charge in [0.25, 0.3) is 5.91 Å². The maximum absolute atomic E-state index is 12.4. The second-order valence-electron chi connectivity index (χ2n) is 7.28. The van der Waals surface area contributed by atoms with Crippen molar-refractivity contribution in [2.24, 2.45) is 0 Å². The van der Waals surface area contributed by atoms with Gasteiger partial charge in [-0.15, -0.1) is 11.8 Å². The van der Waals surface area contributed by atoms with Crippen molar-refractivity contribution in [1.29, 1.82) is 0 Å². The number of piperazine rings is 1. The molecule has 0 aliphatic carbocycles. The van der Waals surface area contributed by atoms with Gasteiger partial charge >= 0.3 is 6.09 Å². The van der Waals surface area contributed by atoms with Crippen LogP contribution in [-0.2, 0) is 9.53 Å². The highest BCUT2D eigenvalue weighted by atomic mass is 32.2. The van der Waals surface area contributed by atoms with E-state index in [4.69, 9.17) is 4.74 Å². The fourth-order valence-electron chi connectivity index (χ4n) is 2.62. The van der Waals surface area contributed by atoms with Gasteiger partial charge in [0.2, 0.25) is 5.91 Å². The lowest BCUT2D eigenvalue weighted by atomic mass is 10.2. The van der Waals surface area contributed by atoms with Crippen LogP contribution in [0.3, 0.4) is 0 Å². The molecule has 1 aromatic heterocycles. The van der Waals surface area contributed by atoms with Gasteiger partial charge in [0.15, 0.2) is 0 Å². The average molecular weight is 393 g/mol. The van der Waals surface area contributed by atoms with Gasteiger partial charge in [0.05, 0.1) is 10.6 Å². The average Bonchev–Trinajstić information content (AvgIpc) is 2.60. The maximum Gasteiger partial charge on any atom is 0.410 e. The number of thioether (sulfide) groups is 1. The molecule has 0 radical (unpaired) electrons. The molecule has 0 aromatic carbocycles. The Morgan fingerprint density at radius 2 is 1.93 bits per heavy atom. The minimum atomic E-state index is -0.533. The van der Waals surface area contributed by atoms with Crippen molar-refractivity contribution in [2.75, 3.05) is 37.2 Å². The molecule has 3 amide bonds. The molecule has 1 fully saturated rings. The highest BCUT2D eigenvalue weighted by Gasteiger charge is 2.27. The lowest BCUT2D eigenvalue weighted by Crippen LogP contribution is -2.55. The van der Waals surface area contributed by atoms with Gasteiger partial charge < -0.3 is 15.0 Å². The van der Waals surface area contributed by atoms with Crippen LogP contribution < -0.4 is 10.7 Å². The van der Waals surface area contributed by atoms with E-state index in [0.717, 1.165) is 4.90 Å². The molecule has 2 aliphatic heterocycles. The molecule has 3 heterocycles. The number of carbonyl (C=O) groups is 3. The molecule has 0 spiro atoms. The first-order valence-electron chi connectivity index (χ1n) is 8.69. The number of aromatic nitrogens is 1. The van der Waals surface area contributed by atoms with Crippen LogP contribution in [0.2, 0.25) is 0 Å². The molecular formula is C17H23N5O4S. The fourth-order valence-corrected chi connectivity index (χ4v) is 3.37. The quantitative estimate of drug-likeness (QED) is 0.781. The molecule has 146 valence electrons. The summed E-state index contributed by atoms with van der Waals surface area (Å²) >= 11 is 1.39. The van der Waals surface area contributed by atoms with Crippen molar-refractivity contribution in [3.63, 3.8) is 0 Å². The number of amides is 3. The molecule has 1 aromatic rings. The Labute approximate surface area is 161 Å². The Balaban J connectivity index is 1.53. The summed E-state index contributed by atoms with van der Waals surface area (Å²) in [5, 5.41) is 4.42. The van der Waals surface area contributed by atoms with Gasteiger partial charge in [-0.2, -0.15) is 0 Å².